The van der Waals surface area contributed by atoms with Gasteiger partial charge in [0.15, 0.2) is 0 Å². The first-order valence-electron chi connectivity index (χ1n) is 4.88. The average Bonchev–Trinajstić information content (AvgIpc) is 2.00. The normalized spacial score (nSPS) is 11.1. The summed E-state index contributed by atoms with van der Waals surface area (Å²) in [5, 5.41) is 2.63. The van der Waals surface area contributed by atoms with Crippen molar-refractivity contribution in [1.29, 1.82) is 0 Å². The van der Waals surface area contributed by atoms with Gasteiger partial charge in [0.05, 0.1) is 0 Å². The minimum Gasteiger partial charge on any atom is -0.444 e. The highest BCUT2D eigenvalue weighted by atomic mass is 16.6. The molecule has 5 nitrogen and oxygen atoms in total. The minimum absolute atomic E-state index is 0.379. The van der Waals surface area contributed by atoms with Crippen LogP contribution in [0.1, 0.15) is 27.7 Å². The quantitative estimate of drug-likeness (QED) is 0.453. The molecule has 0 spiro atoms. The molecule has 0 bridgehead atoms. The highest BCUT2D eigenvalue weighted by Gasteiger charge is 2.15. The van der Waals surface area contributed by atoms with Crippen LogP contribution in [0.15, 0.2) is 0 Å². The molecule has 0 aliphatic rings. The van der Waals surface area contributed by atoms with Crippen molar-refractivity contribution in [3.63, 3.8) is 0 Å². The molecule has 84 valence electrons. The molecular weight excluding hydrogens is 182 g/mol. The third-order valence-corrected chi connectivity index (χ3v) is 1.22. The molecule has 0 saturated carbocycles. The molecule has 14 heavy (non-hydrogen) atoms. The summed E-state index contributed by atoms with van der Waals surface area (Å²) in [6, 6.07) is 0. The standard InChI is InChI=1S/C9H21N3O2/c1-5-11-12-7-6-10-8(13)14-9(2,3)4/h11-12H,5-7H2,1-4H3,(H,10,13). The van der Waals surface area contributed by atoms with Crippen molar-refractivity contribution >= 4 is 6.09 Å². The van der Waals surface area contributed by atoms with Crippen molar-refractivity contribution in [3.8, 4) is 0 Å². The van der Waals surface area contributed by atoms with Gasteiger partial charge in [0, 0.05) is 19.6 Å². The van der Waals surface area contributed by atoms with Gasteiger partial charge in [-0.2, -0.15) is 0 Å². The Bertz CT molecular complexity index is 166. The van der Waals surface area contributed by atoms with E-state index in [1.165, 1.54) is 0 Å². The van der Waals surface area contributed by atoms with Crippen LogP contribution in [0.5, 0.6) is 0 Å². The molecule has 0 unspecified atom stereocenters. The number of ether oxygens (including phenoxy) is 1. The van der Waals surface area contributed by atoms with Gasteiger partial charge in [0.1, 0.15) is 5.60 Å². The van der Waals surface area contributed by atoms with E-state index < -0.39 is 5.60 Å². The van der Waals surface area contributed by atoms with Crippen LogP contribution in [0.4, 0.5) is 4.79 Å². The Labute approximate surface area is 85.6 Å². The summed E-state index contributed by atoms with van der Waals surface area (Å²) in [7, 11) is 0. The Kier molecular flexibility index (Phi) is 6.23. The van der Waals surface area contributed by atoms with E-state index in [4.69, 9.17) is 4.74 Å². The first kappa shape index (κ1) is 13.2. The molecule has 5 heteroatoms. The summed E-state index contributed by atoms with van der Waals surface area (Å²) < 4.78 is 5.05. The van der Waals surface area contributed by atoms with E-state index in [2.05, 4.69) is 16.2 Å². The van der Waals surface area contributed by atoms with E-state index in [1.54, 1.807) is 0 Å². The molecule has 0 saturated heterocycles. The smallest absolute Gasteiger partial charge is 0.407 e. The van der Waals surface area contributed by atoms with Gasteiger partial charge in [-0.3, -0.25) is 10.9 Å². The monoisotopic (exact) mass is 203 g/mol. The first-order chi connectivity index (χ1) is 6.45. The zero-order valence-electron chi connectivity index (χ0n) is 9.44. The number of hydrogen-bond acceptors (Lipinski definition) is 4. The van der Waals surface area contributed by atoms with Gasteiger partial charge in [0.2, 0.25) is 0 Å². The predicted molar refractivity (Wildman–Crippen MR) is 55.9 cm³/mol. The molecule has 0 aromatic carbocycles. The van der Waals surface area contributed by atoms with Crippen LogP contribution in [0.3, 0.4) is 0 Å². The lowest BCUT2D eigenvalue weighted by atomic mass is 10.2. The minimum atomic E-state index is -0.431. The van der Waals surface area contributed by atoms with Crippen LogP contribution in [-0.2, 0) is 4.74 Å². The largest absolute Gasteiger partial charge is 0.444 e. The van der Waals surface area contributed by atoms with Gasteiger partial charge < -0.3 is 10.1 Å². The van der Waals surface area contributed by atoms with E-state index >= 15 is 0 Å². The maximum atomic E-state index is 11.1. The van der Waals surface area contributed by atoms with Gasteiger partial charge in [-0.15, -0.1) is 0 Å². The van der Waals surface area contributed by atoms with Gasteiger partial charge >= 0.3 is 6.09 Å². The topological polar surface area (TPSA) is 62.4 Å². The molecule has 0 atom stereocenters. The van der Waals surface area contributed by atoms with Crippen LogP contribution in [0.25, 0.3) is 0 Å². The highest BCUT2D eigenvalue weighted by molar-refractivity contribution is 5.67. The third-order valence-electron chi connectivity index (χ3n) is 1.22. The van der Waals surface area contributed by atoms with Crippen LogP contribution in [0, 0.1) is 0 Å². The van der Waals surface area contributed by atoms with Gasteiger partial charge in [-0.1, -0.05) is 6.92 Å². The number of rotatable bonds is 5. The first-order valence-corrected chi connectivity index (χ1v) is 4.88. The average molecular weight is 203 g/mol. The van der Waals surface area contributed by atoms with Crippen LogP contribution < -0.4 is 16.2 Å². The van der Waals surface area contributed by atoms with Crippen LogP contribution in [0.2, 0.25) is 0 Å². The van der Waals surface area contributed by atoms with Gasteiger partial charge in [0.25, 0.3) is 0 Å². The van der Waals surface area contributed by atoms with E-state index in [0.29, 0.717) is 13.1 Å². The summed E-state index contributed by atoms with van der Waals surface area (Å²) in [5.41, 5.74) is 5.43. The van der Waals surface area contributed by atoms with E-state index in [-0.39, 0.29) is 6.09 Å². The number of amides is 1. The second kappa shape index (κ2) is 6.62. The van der Waals surface area contributed by atoms with Gasteiger partial charge in [-0.25, -0.2) is 4.79 Å². The zero-order chi connectivity index (χ0) is 11.0. The van der Waals surface area contributed by atoms with Crippen molar-refractivity contribution < 1.29 is 9.53 Å². The number of hydrazine groups is 1. The van der Waals surface area contributed by atoms with Crippen molar-refractivity contribution in [2.75, 3.05) is 19.6 Å². The molecule has 3 N–H and O–H groups in total. The molecule has 1 amide bonds. The molecule has 0 aromatic rings. The number of carbonyl (C=O) groups excluding carboxylic acids is 1. The lowest BCUT2D eigenvalue weighted by Gasteiger charge is -2.19. The predicted octanol–water partition coefficient (Wildman–Crippen LogP) is 0.625. The fourth-order valence-corrected chi connectivity index (χ4v) is 0.755. The van der Waals surface area contributed by atoms with Crippen LogP contribution >= 0.6 is 0 Å². The number of hydrogen-bond donors (Lipinski definition) is 3. The fourth-order valence-electron chi connectivity index (χ4n) is 0.755. The summed E-state index contributed by atoms with van der Waals surface area (Å²) in [5.74, 6) is 0. The molecule has 0 aliphatic heterocycles. The molecule has 0 rings (SSSR count). The summed E-state index contributed by atoms with van der Waals surface area (Å²) in [4.78, 5) is 11.1. The maximum Gasteiger partial charge on any atom is 0.407 e. The van der Waals surface area contributed by atoms with Gasteiger partial charge in [-0.05, 0) is 20.8 Å². The van der Waals surface area contributed by atoms with E-state index in [1.807, 2.05) is 27.7 Å². The maximum absolute atomic E-state index is 11.1. The van der Waals surface area contributed by atoms with Crippen molar-refractivity contribution in [1.82, 2.24) is 16.2 Å². The number of alkyl carbamates (subject to hydrolysis) is 1. The molecule has 0 fully saturated rings. The fraction of sp³-hybridized carbons (Fsp3) is 0.889. The Balaban J connectivity index is 3.36. The Morgan fingerprint density at radius 3 is 2.36 bits per heavy atom. The molecule has 0 aromatic heterocycles. The molecule has 0 radical (unpaired) electrons. The molecule has 0 aliphatic carbocycles. The third kappa shape index (κ3) is 9.28. The lowest BCUT2D eigenvalue weighted by Crippen LogP contribution is -2.40. The summed E-state index contributed by atoms with van der Waals surface area (Å²) in [6.07, 6.45) is -0.379. The number of nitrogens with one attached hydrogen (secondary N) is 3. The van der Waals surface area contributed by atoms with E-state index in [0.717, 1.165) is 6.54 Å². The van der Waals surface area contributed by atoms with Crippen molar-refractivity contribution in [2.24, 2.45) is 0 Å². The number of carbonyl (C=O) groups is 1. The SMILES string of the molecule is CCNNCCNC(=O)OC(C)(C)C. The summed E-state index contributed by atoms with van der Waals surface area (Å²) >= 11 is 0. The zero-order valence-corrected chi connectivity index (χ0v) is 9.44. The van der Waals surface area contributed by atoms with Crippen LogP contribution in [-0.4, -0.2) is 31.3 Å². The molecular formula is C9H21N3O2. The molecule has 0 heterocycles. The van der Waals surface area contributed by atoms with Crippen molar-refractivity contribution in [3.05, 3.63) is 0 Å². The second-order valence-electron chi connectivity index (χ2n) is 3.89. The van der Waals surface area contributed by atoms with E-state index in [9.17, 15) is 4.79 Å². The summed E-state index contributed by atoms with van der Waals surface area (Å²) in [6.45, 7) is 9.58. The Morgan fingerprint density at radius 1 is 1.21 bits per heavy atom. The Hall–Kier alpha value is -0.810. The second-order valence-corrected chi connectivity index (χ2v) is 3.89. The Morgan fingerprint density at radius 2 is 1.86 bits per heavy atom. The highest BCUT2D eigenvalue weighted by Crippen LogP contribution is 2.05. The van der Waals surface area contributed by atoms with Crippen molar-refractivity contribution in [2.45, 2.75) is 33.3 Å². The lowest BCUT2D eigenvalue weighted by molar-refractivity contribution is 0.0528.